The number of nitriles is 1. The number of carbonyl (C=O) groups excluding carboxylic acids is 1. The lowest BCUT2D eigenvalue weighted by Gasteiger charge is -2.21. The molecule has 2 fully saturated rings. The van der Waals surface area contributed by atoms with Crippen molar-refractivity contribution in [2.45, 2.75) is 48.8 Å². The van der Waals surface area contributed by atoms with Crippen LogP contribution in [0.2, 0.25) is 0 Å². The van der Waals surface area contributed by atoms with Gasteiger partial charge >= 0.3 is 0 Å². The van der Waals surface area contributed by atoms with Crippen LogP contribution in [0.4, 0.5) is 5.69 Å². The molecule has 2 aliphatic rings. The zero-order valence-electron chi connectivity index (χ0n) is 18.1. The molecule has 0 unspecified atom stereocenters. The van der Waals surface area contributed by atoms with E-state index in [1.54, 1.807) is 18.2 Å². The molecule has 4 rings (SSSR count). The van der Waals surface area contributed by atoms with E-state index in [2.05, 4.69) is 11.4 Å². The number of nitrogens with one attached hydrogen (secondary N) is 1. The van der Waals surface area contributed by atoms with Crippen molar-refractivity contribution in [1.29, 1.82) is 5.26 Å². The van der Waals surface area contributed by atoms with Gasteiger partial charge in [-0.25, -0.2) is 8.42 Å². The molecule has 1 saturated heterocycles. The van der Waals surface area contributed by atoms with Gasteiger partial charge in [0, 0.05) is 24.3 Å². The molecule has 0 radical (unpaired) electrons. The summed E-state index contributed by atoms with van der Waals surface area (Å²) in [6.07, 6.45) is 5.39. The molecule has 2 aromatic carbocycles. The molecular weight excluding hydrogens is 426 g/mol. The van der Waals surface area contributed by atoms with Gasteiger partial charge in [-0.3, -0.25) is 4.79 Å². The highest BCUT2D eigenvalue weighted by Gasteiger charge is 2.44. The second kappa shape index (κ2) is 8.93. The summed E-state index contributed by atoms with van der Waals surface area (Å²) in [7, 11) is -2.35. The Kier molecular flexibility index (Phi) is 6.22. The molecule has 0 bridgehead atoms. The maximum Gasteiger partial charge on any atom is 0.255 e. The van der Waals surface area contributed by atoms with Crippen LogP contribution < -0.4 is 10.1 Å². The Balaban J connectivity index is 1.56. The summed E-state index contributed by atoms with van der Waals surface area (Å²) in [5.74, 6) is -0.185. The minimum Gasteiger partial charge on any atom is -0.495 e. The molecule has 32 heavy (non-hydrogen) atoms. The van der Waals surface area contributed by atoms with Crippen molar-refractivity contribution >= 4 is 21.6 Å². The summed E-state index contributed by atoms with van der Waals surface area (Å²) in [5.41, 5.74) is 1.39. The third kappa shape index (κ3) is 4.36. The number of anilines is 1. The summed E-state index contributed by atoms with van der Waals surface area (Å²) >= 11 is 0. The molecule has 0 spiro atoms. The average molecular weight is 454 g/mol. The number of benzene rings is 2. The van der Waals surface area contributed by atoms with Crippen molar-refractivity contribution in [3.05, 3.63) is 53.6 Å². The molecule has 0 atom stereocenters. The Morgan fingerprint density at radius 2 is 1.72 bits per heavy atom. The number of methoxy groups -OCH3 is 1. The van der Waals surface area contributed by atoms with Gasteiger partial charge in [0.2, 0.25) is 10.0 Å². The third-order valence-electron chi connectivity index (χ3n) is 6.27. The van der Waals surface area contributed by atoms with Gasteiger partial charge in [-0.05, 0) is 61.6 Å². The Morgan fingerprint density at radius 3 is 2.28 bits per heavy atom. The average Bonchev–Trinajstić information content (AvgIpc) is 3.63. The fourth-order valence-electron chi connectivity index (χ4n) is 4.11. The molecule has 1 aliphatic carbocycles. The van der Waals surface area contributed by atoms with Gasteiger partial charge < -0.3 is 10.1 Å². The van der Waals surface area contributed by atoms with Gasteiger partial charge in [0.05, 0.1) is 18.6 Å². The molecule has 1 saturated carbocycles. The van der Waals surface area contributed by atoms with Crippen molar-refractivity contribution in [3.8, 4) is 11.8 Å². The van der Waals surface area contributed by atoms with Crippen LogP contribution in [-0.2, 0) is 15.4 Å². The first kappa shape index (κ1) is 22.3. The SMILES string of the molecule is COc1ccc(C(=O)Nc2ccc(C3(C#N)CC3)cc2)cc1S(=O)(=O)N1CCCCCC1. The number of hydrogen-bond donors (Lipinski definition) is 1. The Labute approximate surface area is 189 Å². The highest BCUT2D eigenvalue weighted by molar-refractivity contribution is 7.89. The second-order valence-electron chi connectivity index (χ2n) is 8.41. The summed E-state index contributed by atoms with van der Waals surface area (Å²) in [5, 5.41) is 12.1. The molecule has 0 aromatic heterocycles. The van der Waals surface area contributed by atoms with Crippen LogP contribution >= 0.6 is 0 Å². The normalized spacial score (nSPS) is 18.2. The predicted octanol–water partition coefficient (Wildman–Crippen LogP) is 4.07. The molecule has 1 aliphatic heterocycles. The van der Waals surface area contributed by atoms with Gasteiger partial charge in [0.25, 0.3) is 5.91 Å². The van der Waals surface area contributed by atoms with E-state index in [0.717, 1.165) is 44.1 Å². The number of nitrogens with zero attached hydrogens (tertiary/aromatic N) is 2. The fourth-order valence-corrected chi connectivity index (χ4v) is 5.81. The lowest BCUT2D eigenvalue weighted by atomic mass is 9.98. The number of carbonyl (C=O) groups is 1. The van der Waals surface area contributed by atoms with Gasteiger partial charge in [0.15, 0.2) is 0 Å². The first-order chi connectivity index (χ1) is 15.4. The van der Waals surface area contributed by atoms with E-state index in [1.807, 2.05) is 12.1 Å². The topological polar surface area (TPSA) is 99.5 Å². The van der Waals surface area contributed by atoms with E-state index in [0.29, 0.717) is 18.8 Å². The molecule has 1 amide bonds. The van der Waals surface area contributed by atoms with Crippen molar-refractivity contribution in [2.24, 2.45) is 0 Å². The second-order valence-corrected chi connectivity index (χ2v) is 10.3. The lowest BCUT2D eigenvalue weighted by Crippen LogP contribution is -2.32. The minimum absolute atomic E-state index is 0.00888. The molecule has 1 N–H and O–H groups in total. The van der Waals surface area contributed by atoms with Crippen molar-refractivity contribution < 1.29 is 17.9 Å². The molecule has 2 aromatic rings. The number of ether oxygens (including phenoxy) is 1. The summed E-state index contributed by atoms with van der Waals surface area (Å²) in [6, 6.07) is 14.1. The Morgan fingerprint density at radius 1 is 1.06 bits per heavy atom. The van der Waals surface area contributed by atoms with Crippen LogP contribution in [0, 0.1) is 11.3 Å². The standard InChI is InChI=1S/C24H27N3O4S/c1-31-21-11-6-18(16-22(21)32(29,30)27-14-4-2-3-5-15-27)23(28)26-20-9-7-19(8-10-20)24(17-25)12-13-24/h6-11,16H,2-5,12-15H2,1H3,(H,26,28). The number of sulfonamides is 1. The van der Waals surface area contributed by atoms with Crippen LogP contribution in [0.25, 0.3) is 0 Å². The highest BCUT2D eigenvalue weighted by atomic mass is 32.2. The first-order valence-corrected chi connectivity index (χ1v) is 12.3. The van der Waals surface area contributed by atoms with Crippen molar-refractivity contribution in [3.63, 3.8) is 0 Å². The van der Waals surface area contributed by atoms with E-state index >= 15 is 0 Å². The van der Waals surface area contributed by atoms with Crippen LogP contribution in [0.3, 0.4) is 0 Å². The Bertz CT molecular complexity index is 1140. The number of rotatable bonds is 6. The largest absolute Gasteiger partial charge is 0.495 e. The quantitative estimate of drug-likeness (QED) is 0.711. The first-order valence-electron chi connectivity index (χ1n) is 10.9. The fraction of sp³-hybridized carbons (Fsp3) is 0.417. The Hall–Kier alpha value is -2.89. The van der Waals surface area contributed by atoms with Crippen LogP contribution in [0.15, 0.2) is 47.4 Å². The minimum atomic E-state index is -3.78. The van der Waals surface area contributed by atoms with E-state index < -0.39 is 15.9 Å². The molecular formula is C24H27N3O4S. The number of hydrogen-bond acceptors (Lipinski definition) is 5. The van der Waals surface area contributed by atoms with Gasteiger partial charge in [0.1, 0.15) is 10.6 Å². The van der Waals surface area contributed by atoms with Crippen LogP contribution in [-0.4, -0.2) is 38.8 Å². The zero-order valence-corrected chi connectivity index (χ0v) is 19.0. The zero-order chi connectivity index (χ0) is 22.8. The maximum absolute atomic E-state index is 13.3. The van der Waals surface area contributed by atoms with E-state index in [9.17, 15) is 18.5 Å². The van der Waals surface area contributed by atoms with Gasteiger partial charge in [-0.2, -0.15) is 9.57 Å². The smallest absolute Gasteiger partial charge is 0.255 e. The van der Waals surface area contributed by atoms with Crippen LogP contribution in [0.5, 0.6) is 5.75 Å². The molecule has 8 heteroatoms. The lowest BCUT2D eigenvalue weighted by molar-refractivity contribution is 0.102. The van der Waals surface area contributed by atoms with E-state index in [-0.39, 0.29) is 21.6 Å². The summed E-state index contributed by atoms with van der Waals surface area (Å²) in [4.78, 5) is 12.9. The molecule has 7 nitrogen and oxygen atoms in total. The predicted molar refractivity (Wildman–Crippen MR) is 121 cm³/mol. The van der Waals surface area contributed by atoms with Crippen molar-refractivity contribution in [2.75, 3.05) is 25.5 Å². The van der Waals surface area contributed by atoms with E-state index in [4.69, 9.17) is 4.74 Å². The van der Waals surface area contributed by atoms with Crippen molar-refractivity contribution in [1.82, 2.24) is 4.31 Å². The van der Waals surface area contributed by atoms with Gasteiger partial charge in [-0.15, -0.1) is 0 Å². The third-order valence-corrected chi connectivity index (χ3v) is 8.19. The summed E-state index contributed by atoms with van der Waals surface area (Å²) < 4.78 is 33.4. The van der Waals surface area contributed by atoms with Crippen LogP contribution in [0.1, 0.15) is 54.4 Å². The maximum atomic E-state index is 13.3. The summed E-state index contributed by atoms with van der Waals surface area (Å²) in [6.45, 7) is 0.941. The molecule has 1 heterocycles. The monoisotopic (exact) mass is 453 g/mol. The number of amides is 1. The van der Waals surface area contributed by atoms with Gasteiger partial charge in [-0.1, -0.05) is 25.0 Å². The highest BCUT2D eigenvalue weighted by Crippen LogP contribution is 2.47. The van der Waals surface area contributed by atoms with E-state index in [1.165, 1.54) is 23.5 Å². The molecule has 168 valence electrons.